The number of nitrogens with one attached hydrogen (secondary N) is 1. The van der Waals surface area contributed by atoms with Crippen LogP contribution in [0, 0.1) is 10.1 Å². The molecule has 0 aliphatic carbocycles. The van der Waals surface area contributed by atoms with Gasteiger partial charge in [0.05, 0.1) is 17.0 Å². The van der Waals surface area contributed by atoms with E-state index < -0.39 is 4.92 Å². The summed E-state index contributed by atoms with van der Waals surface area (Å²) in [6.45, 7) is 0.434. The Hall–Kier alpha value is -3.22. The smallest absolute Gasteiger partial charge is 0.273 e. The third kappa shape index (κ3) is 3.57. The predicted molar refractivity (Wildman–Crippen MR) is 88.7 cm³/mol. The van der Waals surface area contributed by atoms with Crippen LogP contribution in [0.1, 0.15) is 11.3 Å². The maximum Gasteiger partial charge on any atom is 0.273 e. The van der Waals surface area contributed by atoms with Gasteiger partial charge in [-0.3, -0.25) is 14.9 Å². The van der Waals surface area contributed by atoms with E-state index in [1.807, 2.05) is 35.0 Å². The number of carbonyl (C=O) groups excluding carboxylic acids is 1. The number of hydrogen-bond acceptors (Lipinski definition) is 4. The van der Waals surface area contributed by atoms with Crippen LogP contribution in [0.5, 0.6) is 0 Å². The van der Waals surface area contributed by atoms with Crippen molar-refractivity contribution in [1.29, 1.82) is 0 Å². The summed E-state index contributed by atoms with van der Waals surface area (Å²) in [5.74, 6) is -0.243. The Bertz CT molecular complexity index is 855. The molecular weight excluding hydrogens is 308 g/mol. The molecule has 0 saturated heterocycles. The molecule has 24 heavy (non-hydrogen) atoms. The number of amides is 1. The monoisotopic (exact) mass is 324 g/mol. The number of nitro groups is 1. The van der Waals surface area contributed by atoms with E-state index in [0.29, 0.717) is 18.5 Å². The quantitative estimate of drug-likeness (QED) is 0.556. The molecule has 3 aromatic rings. The average Bonchev–Trinajstić information content (AvgIpc) is 2.97. The highest BCUT2D eigenvalue weighted by atomic mass is 16.6. The second kappa shape index (κ2) is 6.91. The summed E-state index contributed by atoms with van der Waals surface area (Å²) in [6.07, 6.45) is 4.43. The second-order valence-corrected chi connectivity index (χ2v) is 5.36. The second-order valence-electron chi connectivity index (χ2n) is 5.36. The number of rotatable bonds is 6. The zero-order valence-corrected chi connectivity index (χ0v) is 12.9. The van der Waals surface area contributed by atoms with Gasteiger partial charge in [0.1, 0.15) is 5.65 Å². The summed E-state index contributed by atoms with van der Waals surface area (Å²) in [6, 6.07) is 12.0. The normalized spacial score (nSPS) is 10.7. The standard InChI is InChI=1S/C17H16N4O3/c22-17(11-13-5-1-2-6-15(13)21(23)24)18-9-8-14-12-20-10-4-3-7-16(20)19-14/h1-7,10,12H,8-9,11H2,(H,18,22). The first-order valence-corrected chi connectivity index (χ1v) is 7.55. The summed E-state index contributed by atoms with van der Waals surface area (Å²) in [5, 5.41) is 13.7. The van der Waals surface area contributed by atoms with Gasteiger partial charge in [-0.25, -0.2) is 4.98 Å². The van der Waals surface area contributed by atoms with Crippen LogP contribution in [0.25, 0.3) is 5.65 Å². The van der Waals surface area contributed by atoms with Crippen molar-refractivity contribution in [2.75, 3.05) is 6.54 Å². The molecular formula is C17H16N4O3. The molecule has 0 radical (unpaired) electrons. The molecule has 0 unspecified atom stereocenters. The Morgan fingerprint density at radius 2 is 2.00 bits per heavy atom. The van der Waals surface area contributed by atoms with Gasteiger partial charge in [0.2, 0.25) is 5.91 Å². The van der Waals surface area contributed by atoms with Crippen molar-refractivity contribution < 1.29 is 9.72 Å². The van der Waals surface area contributed by atoms with Crippen LogP contribution in [-0.4, -0.2) is 26.8 Å². The number of benzene rings is 1. The van der Waals surface area contributed by atoms with Crippen molar-refractivity contribution in [2.24, 2.45) is 0 Å². The van der Waals surface area contributed by atoms with Crippen LogP contribution in [0.2, 0.25) is 0 Å². The number of carbonyl (C=O) groups is 1. The van der Waals surface area contributed by atoms with Crippen molar-refractivity contribution in [3.63, 3.8) is 0 Å². The van der Waals surface area contributed by atoms with Gasteiger partial charge >= 0.3 is 0 Å². The zero-order valence-electron chi connectivity index (χ0n) is 12.9. The van der Waals surface area contributed by atoms with Gasteiger partial charge in [0, 0.05) is 37.0 Å². The fraction of sp³-hybridized carbons (Fsp3) is 0.176. The van der Waals surface area contributed by atoms with Crippen LogP contribution in [-0.2, 0) is 17.6 Å². The van der Waals surface area contributed by atoms with Crippen LogP contribution in [0.15, 0.2) is 54.9 Å². The van der Waals surface area contributed by atoms with Crippen LogP contribution in [0.3, 0.4) is 0 Å². The van der Waals surface area contributed by atoms with Crippen molar-refractivity contribution in [3.8, 4) is 0 Å². The molecule has 2 heterocycles. The molecule has 7 nitrogen and oxygen atoms in total. The fourth-order valence-corrected chi connectivity index (χ4v) is 2.51. The van der Waals surface area contributed by atoms with Gasteiger partial charge < -0.3 is 9.72 Å². The third-order valence-corrected chi connectivity index (χ3v) is 3.66. The summed E-state index contributed by atoms with van der Waals surface area (Å²) in [5.41, 5.74) is 2.12. The number of pyridine rings is 1. The molecule has 0 bridgehead atoms. The molecule has 0 saturated carbocycles. The van der Waals surface area contributed by atoms with Crippen molar-refractivity contribution >= 4 is 17.2 Å². The Labute approximate surface area is 138 Å². The predicted octanol–water partition coefficient (Wildman–Crippen LogP) is 2.14. The summed E-state index contributed by atoms with van der Waals surface area (Å²) >= 11 is 0. The molecule has 7 heteroatoms. The van der Waals surface area contributed by atoms with Crippen LogP contribution < -0.4 is 5.32 Å². The SMILES string of the molecule is O=C(Cc1ccccc1[N+](=O)[O-])NCCc1cn2ccccc2n1. The van der Waals surface area contributed by atoms with Gasteiger partial charge in [-0.2, -0.15) is 0 Å². The first-order valence-electron chi connectivity index (χ1n) is 7.55. The van der Waals surface area contributed by atoms with Crippen molar-refractivity contribution in [2.45, 2.75) is 12.8 Å². The maximum absolute atomic E-state index is 12.0. The number of para-hydroxylation sites is 1. The minimum Gasteiger partial charge on any atom is -0.355 e. The molecule has 0 spiro atoms. The Morgan fingerprint density at radius 1 is 1.21 bits per heavy atom. The lowest BCUT2D eigenvalue weighted by molar-refractivity contribution is -0.385. The zero-order chi connectivity index (χ0) is 16.9. The molecule has 1 aromatic carbocycles. The summed E-state index contributed by atoms with van der Waals surface area (Å²) in [7, 11) is 0. The van der Waals surface area contributed by atoms with Gasteiger partial charge in [0.15, 0.2) is 0 Å². The first-order chi connectivity index (χ1) is 11.6. The molecule has 2 aromatic heterocycles. The number of hydrogen-bond donors (Lipinski definition) is 1. The summed E-state index contributed by atoms with van der Waals surface area (Å²) in [4.78, 5) is 26.9. The minimum atomic E-state index is -0.473. The first kappa shape index (κ1) is 15.7. The lowest BCUT2D eigenvalue weighted by Gasteiger charge is -2.05. The topological polar surface area (TPSA) is 89.5 Å². The van der Waals surface area contributed by atoms with E-state index in [1.54, 1.807) is 18.2 Å². The molecule has 0 atom stereocenters. The van der Waals surface area contributed by atoms with Gasteiger partial charge in [0.25, 0.3) is 5.69 Å². The fourth-order valence-electron chi connectivity index (χ4n) is 2.51. The Balaban J connectivity index is 1.55. The number of aromatic nitrogens is 2. The summed E-state index contributed by atoms with van der Waals surface area (Å²) < 4.78 is 1.92. The van der Waals surface area contributed by atoms with Crippen molar-refractivity contribution in [1.82, 2.24) is 14.7 Å². The van der Waals surface area contributed by atoms with E-state index in [1.165, 1.54) is 6.07 Å². The molecule has 0 fully saturated rings. The molecule has 0 aliphatic heterocycles. The number of fused-ring (bicyclic) bond motifs is 1. The molecule has 1 N–H and O–H groups in total. The number of nitrogens with zero attached hydrogens (tertiary/aromatic N) is 3. The molecule has 0 aliphatic rings. The number of imidazole rings is 1. The molecule has 122 valence electrons. The van der Waals surface area contributed by atoms with Gasteiger partial charge in [-0.15, -0.1) is 0 Å². The maximum atomic E-state index is 12.0. The van der Waals surface area contributed by atoms with E-state index in [-0.39, 0.29) is 18.0 Å². The lowest BCUT2D eigenvalue weighted by atomic mass is 10.1. The molecule has 3 rings (SSSR count). The van der Waals surface area contributed by atoms with E-state index in [9.17, 15) is 14.9 Å². The highest BCUT2D eigenvalue weighted by Gasteiger charge is 2.15. The van der Waals surface area contributed by atoms with Crippen LogP contribution in [0.4, 0.5) is 5.69 Å². The van der Waals surface area contributed by atoms with Gasteiger partial charge in [-0.05, 0) is 12.1 Å². The average molecular weight is 324 g/mol. The minimum absolute atomic E-state index is 0.0116. The van der Waals surface area contributed by atoms with Gasteiger partial charge in [-0.1, -0.05) is 24.3 Å². The van der Waals surface area contributed by atoms with E-state index >= 15 is 0 Å². The van der Waals surface area contributed by atoms with Crippen molar-refractivity contribution in [3.05, 3.63) is 76.2 Å². The lowest BCUT2D eigenvalue weighted by Crippen LogP contribution is -2.27. The number of nitro benzene ring substituents is 1. The van der Waals surface area contributed by atoms with E-state index in [0.717, 1.165) is 11.3 Å². The Kier molecular flexibility index (Phi) is 4.51. The van der Waals surface area contributed by atoms with Crippen LogP contribution >= 0.6 is 0 Å². The highest BCUT2D eigenvalue weighted by Crippen LogP contribution is 2.17. The highest BCUT2D eigenvalue weighted by molar-refractivity contribution is 5.79. The molecule has 1 amide bonds. The largest absolute Gasteiger partial charge is 0.355 e. The van der Waals surface area contributed by atoms with E-state index in [4.69, 9.17) is 0 Å². The Morgan fingerprint density at radius 3 is 2.79 bits per heavy atom. The third-order valence-electron chi connectivity index (χ3n) is 3.66. The van der Waals surface area contributed by atoms with E-state index in [2.05, 4.69) is 10.3 Å².